The zero-order valence-electron chi connectivity index (χ0n) is 15.8. The van der Waals surface area contributed by atoms with Gasteiger partial charge < -0.3 is 4.90 Å². The lowest BCUT2D eigenvalue weighted by Crippen LogP contribution is -2.40. The van der Waals surface area contributed by atoms with Crippen LogP contribution in [0.1, 0.15) is 23.8 Å². The number of piperidine rings is 1. The van der Waals surface area contributed by atoms with Gasteiger partial charge in [-0.3, -0.25) is 14.3 Å². The molecule has 3 heterocycles. The van der Waals surface area contributed by atoms with Crippen LogP contribution in [0.25, 0.3) is 21.1 Å². The summed E-state index contributed by atoms with van der Waals surface area (Å²) in [6, 6.07) is 15.5. The first kappa shape index (κ1) is 18.0. The molecule has 146 valence electrons. The van der Waals surface area contributed by atoms with E-state index in [0.717, 1.165) is 31.4 Å². The number of hydrogen-bond acceptors (Lipinski definition) is 5. The first-order valence-electron chi connectivity index (χ1n) is 9.77. The van der Waals surface area contributed by atoms with Crippen molar-refractivity contribution in [1.29, 1.82) is 0 Å². The fraction of sp³-hybridized carbons (Fsp3) is 0.273. The lowest BCUT2D eigenvalue weighted by Gasteiger charge is -2.31. The summed E-state index contributed by atoms with van der Waals surface area (Å²) in [5.41, 5.74) is 1.63. The number of rotatable bonds is 3. The van der Waals surface area contributed by atoms with E-state index in [0.29, 0.717) is 16.8 Å². The zero-order chi connectivity index (χ0) is 19.8. The van der Waals surface area contributed by atoms with Gasteiger partial charge in [0.1, 0.15) is 6.54 Å². The van der Waals surface area contributed by atoms with E-state index >= 15 is 0 Å². The molecule has 7 heteroatoms. The molecular weight excluding hydrogens is 384 g/mol. The van der Waals surface area contributed by atoms with Gasteiger partial charge in [-0.15, -0.1) is 11.3 Å². The van der Waals surface area contributed by atoms with E-state index in [1.165, 1.54) is 15.9 Å². The summed E-state index contributed by atoms with van der Waals surface area (Å²) < 4.78 is 2.84. The van der Waals surface area contributed by atoms with Crippen molar-refractivity contribution in [3.05, 3.63) is 70.0 Å². The molecule has 2 aromatic heterocycles. The van der Waals surface area contributed by atoms with Gasteiger partial charge >= 0.3 is 0 Å². The molecule has 0 radical (unpaired) electrons. The summed E-state index contributed by atoms with van der Waals surface area (Å²) >= 11 is 1.76. The van der Waals surface area contributed by atoms with E-state index in [2.05, 4.69) is 17.2 Å². The maximum atomic E-state index is 12.9. The lowest BCUT2D eigenvalue weighted by molar-refractivity contribution is -0.133. The molecular formula is C22H20N4O2S. The third-order valence-corrected chi connectivity index (χ3v) is 6.75. The number of thiazole rings is 1. The van der Waals surface area contributed by atoms with E-state index in [1.54, 1.807) is 22.1 Å². The summed E-state index contributed by atoms with van der Waals surface area (Å²) in [5, 5.41) is 5.94. The van der Waals surface area contributed by atoms with E-state index in [1.807, 2.05) is 35.2 Å². The van der Waals surface area contributed by atoms with Crippen LogP contribution in [-0.2, 0) is 11.3 Å². The Hall–Kier alpha value is -3.06. The smallest absolute Gasteiger partial charge is 0.244 e. The average molecular weight is 404 g/mol. The molecule has 1 aliphatic rings. The largest absolute Gasteiger partial charge is 0.341 e. The van der Waals surface area contributed by atoms with Crippen LogP contribution in [0.2, 0.25) is 0 Å². The maximum absolute atomic E-state index is 12.9. The average Bonchev–Trinajstić information content (AvgIpc) is 3.20. The minimum atomic E-state index is -0.124. The van der Waals surface area contributed by atoms with Gasteiger partial charge in [0.25, 0.3) is 0 Å². The Bertz CT molecular complexity index is 1220. The third kappa shape index (κ3) is 3.42. The number of nitrogens with zero attached hydrogens (tertiary/aromatic N) is 4. The Balaban J connectivity index is 1.28. The number of aromatic nitrogens is 3. The Kier molecular flexibility index (Phi) is 4.60. The fourth-order valence-corrected chi connectivity index (χ4v) is 5.09. The Morgan fingerprint density at radius 3 is 2.66 bits per heavy atom. The van der Waals surface area contributed by atoms with Crippen molar-refractivity contribution < 1.29 is 4.79 Å². The standard InChI is InChI=1S/C22H20N4O2S/c27-19-13-23-26(18-7-3-1-5-16(18)19)14-21(28)25-11-9-15(10-12-25)22-24-17-6-2-4-8-20(17)29-22/h1-8,13,15H,9-12,14H2. The topological polar surface area (TPSA) is 68.1 Å². The minimum absolute atomic E-state index is 0.0362. The molecule has 0 saturated carbocycles. The summed E-state index contributed by atoms with van der Waals surface area (Å²) in [6.45, 7) is 1.59. The summed E-state index contributed by atoms with van der Waals surface area (Å²) in [5.74, 6) is 0.442. The highest BCUT2D eigenvalue weighted by atomic mass is 32.1. The van der Waals surface area contributed by atoms with Crippen molar-refractivity contribution >= 4 is 38.4 Å². The molecule has 0 spiro atoms. The molecule has 6 nitrogen and oxygen atoms in total. The van der Waals surface area contributed by atoms with Gasteiger partial charge in [0, 0.05) is 24.4 Å². The van der Waals surface area contributed by atoms with Crippen LogP contribution in [-0.4, -0.2) is 38.7 Å². The highest BCUT2D eigenvalue weighted by molar-refractivity contribution is 7.18. The molecule has 5 rings (SSSR count). The van der Waals surface area contributed by atoms with Crippen LogP contribution >= 0.6 is 11.3 Å². The zero-order valence-corrected chi connectivity index (χ0v) is 16.6. The quantitative estimate of drug-likeness (QED) is 0.525. The van der Waals surface area contributed by atoms with Crippen molar-refractivity contribution in [1.82, 2.24) is 19.7 Å². The molecule has 29 heavy (non-hydrogen) atoms. The molecule has 2 aromatic carbocycles. The molecule has 1 amide bonds. The SMILES string of the molecule is O=C(Cn1ncc(=O)c2ccccc21)N1CCC(c2nc3ccccc3s2)CC1. The molecule has 0 aliphatic carbocycles. The van der Waals surface area contributed by atoms with Gasteiger partial charge in [-0.05, 0) is 37.1 Å². The highest BCUT2D eigenvalue weighted by Gasteiger charge is 2.26. The van der Waals surface area contributed by atoms with Crippen molar-refractivity contribution in [2.75, 3.05) is 13.1 Å². The van der Waals surface area contributed by atoms with Crippen LogP contribution in [0.4, 0.5) is 0 Å². The van der Waals surface area contributed by atoms with Gasteiger partial charge in [-0.25, -0.2) is 4.98 Å². The van der Waals surface area contributed by atoms with Gasteiger partial charge in [0.05, 0.1) is 26.9 Å². The van der Waals surface area contributed by atoms with E-state index in [-0.39, 0.29) is 17.9 Å². The third-order valence-electron chi connectivity index (χ3n) is 5.55. The van der Waals surface area contributed by atoms with Crippen molar-refractivity contribution in [2.45, 2.75) is 25.3 Å². The van der Waals surface area contributed by atoms with Crippen molar-refractivity contribution in [2.24, 2.45) is 0 Å². The summed E-state index contributed by atoms with van der Waals surface area (Å²) in [6.07, 6.45) is 3.13. The van der Waals surface area contributed by atoms with Gasteiger partial charge in [-0.2, -0.15) is 5.10 Å². The number of carbonyl (C=O) groups is 1. The first-order valence-corrected chi connectivity index (χ1v) is 10.6. The van der Waals surface area contributed by atoms with Gasteiger partial charge in [0.2, 0.25) is 11.3 Å². The van der Waals surface area contributed by atoms with E-state index in [9.17, 15) is 9.59 Å². The minimum Gasteiger partial charge on any atom is -0.341 e. The molecule has 1 fully saturated rings. The monoisotopic (exact) mass is 404 g/mol. The molecule has 0 unspecified atom stereocenters. The molecule has 1 saturated heterocycles. The number of para-hydroxylation sites is 2. The number of carbonyl (C=O) groups excluding carboxylic acids is 1. The maximum Gasteiger partial charge on any atom is 0.244 e. The molecule has 0 atom stereocenters. The number of fused-ring (bicyclic) bond motifs is 2. The number of amides is 1. The van der Waals surface area contributed by atoms with Crippen LogP contribution in [0.5, 0.6) is 0 Å². The number of likely N-dealkylation sites (tertiary alicyclic amines) is 1. The van der Waals surface area contributed by atoms with E-state index < -0.39 is 0 Å². The van der Waals surface area contributed by atoms with Gasteiger partial charge in [-0.1, -0.05) is 24.3 Å². The van der Waals surface area contributed by atoms with Crippen LogP contribution in [0, 0.1) is 0 Å². The second-order valence-electron chi connectivity index (χ2n) is 7.36. The Morgan fingerprint density at radius 2 is 1.83 bits per heavy atom. The molecule has 0 bridgehead atoms. The number of benzene rings is 2. The van der Waals surface area contributed by atoms with Crippen LogP contribution in [0.15, 0.2) is 59.5 Å². The summed E-state index contributed by atoms with van der Waals surface area (Å²) in [7, 11) is 0. The van der Waals surface area contributed by atoms with Crippen molar-refractivity contribution in [3.63, 3.8) is 0 Å². The van der Waals surface area contributed by atoms with Crippen LogP contribution in [0.3, 0.4) is 0 Å². The molecule has 1 aliphatic heterocycles. The predicted molar refractivity (Wildman–Crippen MR) is 114 cm³/mol. The normalized spacial score (nSPS) is 15.2. The highest BCUT2D eigenvalue weighted by Crippen LogP contribution is 2.33. The van der Waals surface area contributed by atoms with Crippen molar-refractivity contribution in [3.8, 4) is 0 Å². The predicted octanol–water partition coefficient (Wildman–Crippen LogP) is 3.41. The first-order chi connectivity index (χ1) is 14.2. The molecule has 0 N–H and O–H groups in total. The second kappa shape index (κ2) is 7.40. The number of hydrogen-bond donors (Lipinski definition) is 0. The molecule has 4 aromatic rings. The van der Waals surface area contributed by atoms with Crippen LogP contribution < -0.4 is 5.43 Å². The fourth-order valence-electron chi connectivity index (χ4n) is 3.96. The Morgan fingerprint density at radius 1 is 1.07 bits per heavy atom. The lowest BCUT2D eigenvalue weighted by atomic mass is 9.97. The Labute approximate surface area is 171 Å². The van der Waals surface area contributed by atoms with Gasteiger partial charge in [0.15, 0.2) is 0 Å². The summed E-state index contributed by atoms with van der Waals surface area (Å²) in [4.78, 5) is 31.5. The van der Waals surface area contributed by atoms with E-state index in [4.69, 9.17) is 4.98 Å². The second-order valence-corrected chi connectivity index (χ2v) is 8.42.